The van der Waals surface area contributed by atoms with Gasteiger partial charge in [-0.1, -0.05) is 11.6 Å². The number of nitrogens with two attached hydrogens (primary N) is 1. The molecule has 1 aromatic carbocycles. The van der Waals surface area contributed by atoms with E-state index in [1.807, 2.05) is 6.07 Å². The van der Waals surface area contributed by atoms with Gasteiger partial charge < -0.3 is 10.5 Å². The lowest BCUT2D eigenvalue weighted by molar-refractivity contribution is -0.120. The van der Waals surface area contributed by atoms with Crippen molar-refractivity contribution in [2.75, 3.05) is 7.05 Å². The molecule has 0 saturated heterocycles. The number of carbonyl (C=O) groups excluding carboxylic acids is 1. The number of carbonyl (C=O) groups is 1. The summed E-state index contributed by atoms with van der Waals surface area (Å²) in [4.78, 5) is 14.5. The molecular weight excluding hydrogens is 307 g/mol. The lowest BCUT2D eigenvalue weighted by Crippen LogP contribution is -1.93. The Hall–Kier alpha value is -1.17. The molecule has 90 valence electrons. The number of hydrogen-bond donors (Lipinski definition) is 1. The van der Waals surface area contributed by atoms with Crippen LogP contribution in [0, 0.1) is 0 Å². The first-order chi connectivity index (χ1) is 8.24. The van der Waals surface area contributed by atoms with Crippen LogP contribution in [0.3, 0.4) is 0 Å². The van der Waals surface area contributed by atoms with Crippen molar-refractivity contribution in [3.63, 3.8) is 0 Å². The zero-order valence-electron chi connectivity index (χ0n) is 8.98. The molecule has 0 aliphatic carbocycles. The van der Waals surface area contributed by atoms with Crippen LogP contribution in [0.5, 0.6) is 5.75 Å². The zero-order chi connectivity index (χ0) is 12.8. The Balaban J connectivity index is 0.000000686. The molecule has 17 heavy (non-hydrogen) atoms. The topological polar surface area (TPSA) is 65.2 Å². The fourth-order valence-corrected chi connectivity index (χ4v) is 2.21. The number of fused-ring (bicyclic) bond motifs is 1. The second kappa shape index (κ2) is 6.54. The van der Waals surface area contributed by atoms with Crippen molar-refractivity contribution < 1.29 is 9.53 Å². The van der Waals surface area contributed by atoms with Gasteiger partial charge in [-0.3, -0.25) is 9.78 Å². The third-order valence-corrected chi connectivity index (χ3v) is 2.82. The van der Waals surface area contributed by atoms with Crippen LogP contribution in [-0.2, 0) is 4.79 Å². The van der Waals surface area contributed by atoms with Crippen molar-refractivity contribution >= 4 is 44.9 Å². The summed E-state index contributed by atoms with van der Waals surface area (Å²) in [7, 11) is 1.50. The highest BCUT2D eigenvalue weighted by atomic mass is 79.9. The number of aromatic nitrogens is 1. The molecule has 1 heterocycles. The summed E-state index contributed by atoms with van der Waals surface area (Å²) in [6.45, 7) is 0.363. The van der Waals surface area contributed by atoms with Gasteiger partial charge in [-0.25, -0.2) is 0 Å². The third kappa shape index (κ3) is 2.94. The summed E-state index contributed by atoms with van der Waals surface area (Å²) in [5, 5.41) is 1.31. The van der Waals surface area contributed by atoms with Crippen LogP contribution in [0.1, 0.15) is 0 Å². The number of hydrogen-bond acceptors (Lipinski definition) is 4. The van der Waals surface area contributed by atoms with Gasteiger partial charge in [-0.15, -0.1) is 0 Å². The van der Waals surface area contributed by atoms with Gasteiger partial charge in [0.1, 0.15) is 5.52 Å². The average Bonchev–Trinajstić information content (AvgIpc) is 2.37. The normalized spacial score (nSPS) is 9.41. The molecule has 0 fully saturated rings. The van der Waals surface area contributed by atoms with E-state index >= 15 is 0 Å². The Bertz CT molecular complexity index is 534. The van der Waals surface area contributed by atoms with E-state index in [2.05, 4.69) is 26.6 Å². The Morgan fingerprint density at radius 2 is 2.24 bits per heavy atom. The van der Waals surface area contributed by atoms with Crippen molar-refractivity contribution in [2.24, 2.45) is 5.73 Å². The zero-order valence-corrected chi connectivity index (χ0v) is 11.3. The summed E-state index contributed by atoms with van der Waals surface area (Å²) in [6, 6.07) is 5.26. The third-order valence-electron chi connectivity index (χ3n) is 1.92. The van der Waals surface area contributed by atoms with Crippen molar-refractivity contribution in [1.29, 1.82) is 0 Å². The van der Waals surface area contributed by atoms with E-state index in [1.54, 1.807) is 18.3 Å². The number of ether oxygens (including phenoxy) is 1. The maximum atomic E-state index is 10.4. The van der Waals surface area contributed by atoms with E-state index in [9.17, 15) is 4.79 Å². The molecule has 0 unspecified atom stereocenters. The Labute approximate surface area is 112 Å². The minimum absolute atomic E-state index is 0.363. The van der Waals surface area contributed by atoms with E-state index in [0.29, 0.717) is 27.2 Å². The first-order valence-corrected chi connectivity index (χ1v) is 5.82. The fourth-order valence-electron chi connectivity index (χ4n) is 1.31. The Kier molecular flexibility index (Phi) is 5.34. The smallest absolute Gasteiger partial charge is 0.298 e. The molecule has 4 nitrogen and oxygen atoms in total. The van der Waals surface area contributed by atoms with E-state index < -0.39 is 0 Å². The van der Waals surface area contributed by atoms with Crippen LogP contribution in [0.15, 0.2) is 28.9 Å². The number of pyridine rings is 1. The summed E-state index contributed by atoms with van der Waals surface area (Å²) in [6.07, 6.45) is 1.61. The predicted octanol–water partition coefficient (Wildman–Crippen LogP) is 2.76. The molecule has 1 aromatic heterocycles. The molecule has 0 saturated carbocycles. The maximum absolute atomic E-state index is 10.4. The first-order valence-electron chi connectivity index (χ1n) is 4.65. The molecule has 0 amide bonds. The Morgan fingerprint density at radius 3 is 2.88 bits per heavy atom. The molecule has 6 heteroatoms. The molecule has 2 rings (SSSR count). The molecule has 0 aliphatic rings. The van der Waals surface area contributed by atoms with E-state index in [-0.39, 0.29) is 0 Å². The molecule has 0 atom stereocenters. The van der Waals surface area contributed by atoms with E-state index in [1.165, 1.54) is 7.05 Å². The van der Waals surface area contributed by atoms with Crippen molar-refractivity contribution in [3.05, 3.63) is 33.9 Å². The highest BCUT2D eigenvalue weighted by Crippen LogP contribution is 2.36. The molecule has 0 spiro atoms. The number of halogens is 2. The standard InChI is InChI=1S/C10H5BrClNO2.CH5N/c11-7-4-8(12)6-2-1-3-13-9(6)10(7)15-5-14;1-2/h1-5H;2H2,1H3. The summed E-state index contributed by atoms with van der Waals surface area (Å²) < 4.78 is 5.46. The lowest BCUT2D eigenvalue weighted by Gasteiger charge is -2.06. The summed E-state index contributed by atoms with van der Waals surface area (Å²) in [5.41, 5.74) is 5.06. The minimum Gasteiger partial charge on any atom is -0.425 e. The molecule has 2 aromatic rings. The van der Waals surface area contributed by atoms with Gasteiger partial charge in [-0.2, -0.15) is 0 Å². The predicted molar refractivity (Wildman–Crippen MR) is 71.3 cm³/mol. The average molecular weight is 318 g/mol. The molecule has 0 radical (unpaired) electrons. The van der Waals surface area contributed by atoms with E-state index in [0.717, 1.165) is 5.39 Å². The van der Waals surface area contributed by atoms with Gasteiger partial charge in [0.2, 0.25) is 0 Å². The second-order valence-electron chi connectivity index (χ2n) is 2.78. The molecule has 0 aliphatic heterocycles. The van der Waals surface area contributed by atoms with Crippen molar-refractivity contribution in [3.8, 4) is 5.75 Å². The number of benzene rings is 1. The maximum Gasteiger partial charge on any atom is 0.298 e. The number of rotatable bonds is 2. The second-order valence-corrected chi connectivity index (χ2v) is 4.04. The largest absolute Gasteiger partial charge is 0.425 e. The molecular formula is C11H10BrClN2O2. The van der Waals surface area contributed by atoms with Crippen molar-refractivity contribution in [2.45, 2.75) is 0 Å². The Morgan fingerprint density at radius 1 is 1.53 bits per heavy atom. The number of nitrogens with zero attached hydrogens (tertiary/aromatic N) is 1. The highest BCUT2D eigenvalue weighted by Gasteiger charge is 2.11. The highest BCUT2D eigenvalue weighted by molar-refractivity contribution is 9.10. The van der Waals surface area contributed by atoms with Crippen molar-refractivity contribution in [1.82, 2.24) is 4.98 Å². The van der Waals surface area contributed by atoms with Crippen LogP contribution in [-0.4, -0.2) is 18.5 Å². The van der Waals surface area contributed by atoms with E-state index in [4.69, 9.17) is 16.3 Å². The van der Waals surface area contributed by atoms with Crippen LogP contribution in [0.25, 0.3) is 10.9 Å². The van der Waals surface area contributed by atoms with Gasteiger partial charge in [0.25, 0.3) is 6.47 Å². The van der Waals surface area contributed by atoms with Gasteiger partial charge in [0.15, 0.2) is 5.75 Å². The van der Waals surface area contributed by atoms with Crippen LogP contribution < -0.4 is 10.5 Å². The van der Waals surface area contributed by atoms with Gasteiger partial charge in [0, 0.05) is 11.6 Å². The summed E-state index contributed by atoms with van der Waals surface area (Å²) >= 11 is 9.28. The van der Waals surface area contributed by atoms with Gasteiger partial charge >= 0.3 is 0 Å². The SMILES string of the molecule is CN.O=COc1c(Br)cc(Cl)c2cccnc12. The quantitative estimate of drug-likeness (QED) is 0.865. The van der Waals surface area contributed by atoms with Crippen LogP contribution in [0.4, 0.5) is 0 Å². The van der Waals surface area contributed by atoms with Crippen LogP contribution >= 0.6 is 27.5 Å². The first kappa shape index (κ1) is 13.9. The summed E-state index contributed by atoms with van der Waals surface area (Å²) in [5.74, 6) is 0.380. The fraction of sp³-hybridized carbons (Fsp3) is 0.0909. The molecule has 0 bridgehead atoms. The van der Waals surface area contributed by atoms with Gasteiger partial charge in [-0.05, 0) is 41.2 Å². The van der Waals surface area contributed by atoms with Crippen LogP contribution in [0.2, 0.25) is 5.02 Å². The van der Waals surface area contributed by atoms with Gasteiger partial charge in [0.05, 0.1) is 9.50 Å². The monoisotopic (exact) mass is 316 g/mol. The lowest BCUT2D eigenvalue weighted by atomic mass is 10.2. The molecule has 2 N–H and O–H groups in total. The minimum atomic E-state index is 0.363.